The minimum atomic E-state index is 1.05. The molecule has 0 aromatic carbocycles. The summed E-state index contributed by atoms with van der Waals surface area (Å²) >= 11 is 1.80. The van der Waals surface area contributed by atoms with Gasteiger partial charge in [-0.1, -0.05) is 13.8 Å². The average Bonchev–Trinajstić information content (AvgIpc) is 1.96. The smallest absolute Gasteiger partial charge is 0.0541 e. The van der Waals surface area contributed by atoms with Crippen LogP contribution in [0.5, 0.6) is 0 Å². The average molecular weight is 131 g/mol. The molecular formula is C6H13NS. The molecule has 0 aliphatic carbocycles. The largest absolute Gasteiger partial charge is 0.286 e. The van der Waals surface area contributed by atoms with Crippen molar-refractivity contribution in [2.75, 3.05) is 12.3 Å². The van der Waals surface area contributed by atoms with Gasteiger partial charge < -0.3 is 0 Å². The van der Waals surface area contributed by atoms with Crippen molar-refractivity contribution >= 4 is 17.3 Å². The van der Waals surface area contributed by atoms with Gasteiger partial charge in [-0.05, 0) is 6.42 Å². The highest BCUT2D eigenvalue weighted by Crippen LogP contribution is 2.02. The minimum absolute atomic E-state index is 1.05. The molecule has 0 amide bonds. The fourth-order valence-corrected chi connectivity index (χ4v) is 1.01. The van der Waals surface area contributed by atoms with Gasteiger partial charge in [0.05, 0.1) is 5.55 Å². The van der Waals surface area contributed by atoms with Crippen LogP contribution in [0.15, 0.2) is 4.99 Å². The summed E-state index contributed by atoms with van der Waals surface area (Å²) in [4.78, 5) is 4.02. The van der Waals surface area contributed by atoms with Crippen molar-refractivity contribution in [3.63, 3.8) is 0 Å². The molecule has 0 bridgehead atoms. The highest BCUT2D eigenvalue weighted by atomic mass is 32.2. The Kier molecular flexibility index (Phi) is 7.04. The summed E-state index contributed by atoms with van der Waals surface area (Å²) < 4.78 is 0. The second-order valence-corrected chi connectivity index (χ2v) is 2.19. The molecule has 0 saturated carbocycles. The maximum Gasteiger partial charge on any atom is 0.0541 e. The van der Waals surface area contributed by atoms with Crippen LogP contribution in [-0.4, -0.2) is 17.8 Å². The molecule has 0 N–H and O–H groups in total. The summed E-state index contributed by atoms with van der Waals surface area (Å²) in [5, 5.41) is 0. The van der Waals surface area contributed by atoms with Crippen molar-refractivity contribution in [2.45, 2.75) is 20.3 Å². The van der Waals surface area contributed by atoms with Crippen LogP contribution in [0.3, 0.4) is 0 Å². The van der Waals surface area contributed by atoms with Gasteiger partial charge in [0.2, 0.25) is 0 Å². The second-order valence-electron chi connectivity index (χ2n) is 1.24. The van der Waals surface area contributed by atoms with Crippen LogP contribution in [0, 0.1) is 0 Å². The van der Waals surface area contributed by atoms with E-state index in [0.717, 1.165) is 6.54 Å². The predicted molar refractivity (Wildman–Crippen MR) is 41.8 cm³/mol. The zero-order valence-corrected chi connectivity index (χ0v) is 6.37. The van der Waals surface area contributed by atoms with E-state index in [1.807, 2.05) is 19.4 Å². The lowest BCUT2D eigenvalue weighted by Crippen LogP contribution is -1.89. The van der Waals surface area contributed by atoms with Crippen LogP contribution >= 0.6 is 11.8 Å². The summed E-state index contributed by atoms with van der Waals surface area (Å²) in [7, 11) is 0. The highest BCUT2D eigenvalue weighted by molar-refractivity contribution is 8.12. The van der Waals surface area contributed by atoms with Gasteiger partial charge in [0.1, 0.15) is 0 Å². The maximum atomic E-state index is 4.02. The monoisotopic (exact) mass is 131 g/mol. The van der Waals surface area contributed by atoms with Gasteiger partial charge in [0.15, 0.2) is 0 Å². The third-order valence-corrected chi connectivity index (χ3v) is 1.52. The third kappa shape index (κ3) is 4.19. The first-order valence-corrected chi connectivity index (χ1v) is 4.15. The summed E-state index contributed by atoms with van der Waals surface area (Å²) in [6.45, 7) is 5.05. The Bertz CT molecular complexity index is 53.5. The molecule has 2 heteroatoms. The Labute approximate surface area is 55.6 Å². The minimum Gasteiger partial charge on any atom is -0.286 e. The quantitative estimate of drug-likeness (QED) is 0.491. The summed E-state index contributed by atoms with van der Waals surface area (Å²) in [5.41, 5.74) is 1.93. The molecule has 1 rings (SSSR count). The Balaban J connectivity index is 0.000000222. The van der Waals surface area contributed by atoms with Gasteiger partial charge in [0, 0.05) is 12.3 Å². The van der Waals surface area contributed by atoms with Crippen molar-refractivity contribution in [2.24, 2.45) is 4.99 Å². The van der Waals surface area contributed by atoms with Crippen molar-refractivity contribution < 1.29 is 0 Å². The van der Waals surface area contributed by atoms with E-state index in [4.69, 9.17) is 0 Å². The van der Waals surface area contributed by atoms with Gasteiger partial charge >= 0.3 is 0 Å². The Morgan fingerprint density at radius 1 is 1.50 bits per heavy atom. The number of aliphatic imine (C=N–C) groups is 1. The third-order valence-electron chi connectivity index (χ3n) is 0.698. The maximum absolute atomic E-state index is 4.02. The first-order valence-electron chi connectivity index (χ1n) is 3.10. The van der Waals surface area contributed by atoms with Gasteiger partial charge in [-0.3, -0.25) is 4.99 Å². The number of nitrogens with zero attached hydrogens (tertiary/aromatic N) is 1. The SMILES string of the molecule is C1=NCCCS1.CC. The normalized spacial score (nSPS) is 16.8. The molecule has 8 heavy (non-hydrogen) atoms. The number of rotatable bonds is 0. The topological polar surface area (TPSA) is 12.4 Å². The van der Waals surface area contributed by atoms with Crippen LogP contribution in [0.4, 0.5) is 0 Å². The molecule has 0 spiro atoms. The van der Waals surface area contributed by atoms with E-state index in [2.05, 4.69) is 4.99 Å². The number of thioether (sulfide) groups is 1. The lowest BCUT2D eigenvalue weighted by Gasteiger charge is -1.97. The lowest BCUT2D eigenvalue weighted by molar-refractivity contribution is 0.944. The Morgan fingerprint density at radius 2 is 2.25 bits per heavy atom. The fourth-order valence-electron chi connectivity index (χ4n) is 0.397. The van der Waals surface area contributed by atoms with Crippen LogP contribution in [0.25, 0.3) is 0 Å². The van der Waals surface area contributed by atoms with E-state index in [1.165, 1.54) is 12.2 Å². The summed E-state index contributed by atoms with van der Waals surface area (Å²) in [6.07, 6.45) is 1.27. The fraction of sp³-hybridized carbons (Fsp3) is 0.833. The Morgan fingerprint density at radius 3 is 2.38 bits per heavy atom. The lowest BCUT2D eigenvalue weighted by atomic mass is 10.5. The van der Waals surface area contributed by atoms with E-state index in [-0.39, 0.29) is 0 Å². The van der Waals surface area contributed by atoms with E-state index >= 15 is 0 Å². The van der Waals surface area contributed by atoms with Crippen LogP contribution in [0.1, 0.15) is 20.3 Å². The van der Waals surface area contributed by atoms with E-state index in [9.17, 15) is 0 Å². The van der Waals surface area contributed by atoms with E-state index in [0.29, 0.717) is 0 Å². The summed E-state index contributed by atoms with van der Waals surface area (Å²) in [5.74, 6) is 1.27. The molecule has 1 aliphatic heterocycles. The second kappa shape index (κ2) is 7.02. The Hall–Kier alpha value is 0.0200. The molecule has 0 atom stereocenters. The molecular weight excluding hydrogens is 118 g/mol. The highest BCUT2D eigenvalue weighted by Gasteiger charge is 1.88. The van der Waals surface area contributed by atoms with Crippen molar-refractivity contribution in [1.82, 2.24) is 0 Å². The molecule has 0 unspecified atom stereocenters. The molecule has 1 aliphatic rings. The van der Waals surface area contributed by atoms with Crippen molar-refractivity contribution in [3.8, 4) is 0 Å². The first-order chi connectivity index (χ1) is 4.00. The van der Waals surface area contributed by atoms with Crippen molar-refractivity contribution in [1.29, 1.82) is 0 Å². The van der Waals surface area contributed by atoms with Crippen LogP contribution in [-0.2, 0) is 0 Å². The zero-order chi connectivity index (χ0) is 6.24. The van der Waals surface area contributed by atoms with Crippen molar-refractivity contribution in [3.05, 3.63) is 0 Å². The molecule has 0 radical (unpaired) electrons. The number of hydrogen-bond donors (Lipinski definition) is 0. The van der Waals surface area contributed by atoms with Crippen LogP contribution in [0.2, 0.25) is 0 Å². The number of hydrogen-bond acceptors (Lipinski definition) is 2. The summed E-state index contributed by atoms with van der Waals surface area (Å²) in [6, 6.07) is 0. The van der Waals surface area contributed by atoms with E-state index < -0.39 is 0 Å². The van der Waals surface area contributed by atoms with E-state index in [1.54, 1.807) is 11.8 Å². The van der Waals surface area contributed by atoms with Gasteiger partial charge in [-0.2, -0.15) is 0 Å². The van der Waals surface area contributed by atoms with Gasteiger partial charge in [0.25, 0.3) is 0 Å². The molecule has 0 aromatic heterocycles. The molecule has 1 nitrogen and oxygen atoms in total. The molecule has 1 heterocycles. The zero-order valence-electron chi connectivity index (χ0n) is 5.55. The molecule has 0 aromatic rings. The predicted octanol–water partition coefficient (Wildman–Crippen LogP) is 2.18. The molecule has 0 saturated heterocycles. The standard InChI is InChI=1S/C4H7NS.C2H6/c1-2-5-4-6-3-1;1-2/h4H,1-3H2;1-2H3. The molecule has 48 valence electrons. The first kappa shape index (κ1) is 8.02. The van der Waals surface area contributed by atoms with Crippen LogP contribution < -0.4 is 0 Å². The van der Waals surface area contributed by atoms with Gasteiger partial charge in [-0.25, -0.2) is 0 Å². The molecule has 0 fully saturated rings. The van der Waals surface area contributed by atoms with Gasteiger partial charge in [-0.15, -0.1) is 11.8 Å².